The van der Waals surface area contributed by atoms with Crippen LogP contribution in [0.5, 0.6) is 0 Å². The second kappa shape index (κ2) is 6.12. The van der Waals surface area contributed by atoms with Gasteiger partial charge in [0.05, 0.1) is 10.6 Å². The molecule has 0 spiro atoms. The topological polar surface area (TPSA) is 80.5 Å². The smallest absolute Gasteiger partial charge is 0.255 e. The van der Waals surface area contributed by atoms with Crippen LogP contribution in [0.2, 0.25) is 10.0 Å². The number of hydrogen-bond donors (Lipinski definition) is 1. The standard InChI is InChI=1S/C13H16Cl2N2O3S/c1-2-17(7-8-3-4-8)13(18)10-5-9(14)6-11(12(10)15)21(16,19)20/h5-6,8H,2-4,7H2,1H3,(H2,16,19,20). The number of rotatable bonds is 5. The highest BCUT2D eigenvalue weighted by Crippen LogP contribution is 2.32. The minimum absolute atomic E-state index is 0.0655. The van der Waals surface area contributed by atoms with Crippen molar-refractivity contribution < 1.29 is 13.2 Å². The number of carbonyl (C=O) groups excluding carboxylic acids is 1. The van der Waals surface area contributed by atoms with Crippen molar-refractivity contribution >= 4 is 39.1 Å². The highest BCUT2D eigenvalue weighted by molar-refractivity contribution is 7.89. The van der Waals surface area contributed by atoms with Crippen molar-refractivity contribution in [3.63, 3.8) is 0 Å². The van der Waals surface area contributed by atoms with Crippen molar-refractivity contribution in [2.45, 2.75) is 24.7 Å². The van der Waals surface area contributed by atoms with Gasteiger partial charge in [-0.3, -0.25) is 4.79 Å². The fraction of sp³-hybridized carbons (Fsp3) is 0.462. The maximum Gasteiger partial charge on any atom is 0.255 e. The van der Waals surface area contributed by atoms with Gasteiger partial charge in [-0.2, -0.15) is 0 Å². The van der Waals surface area contributed by atoms with Gasteiger partial charge in [-0.1, -0.05) is 23.2 Å². The maximum atomic E-state index is 12.5. The molecule has 2 N–H and O–H groups in total. The van der Waals surface area contributed by atoms with Gasteiger partial charge in [-0.15, -0.1) is 0 Å². The zero-order valence-electron chi connectivity index (χ0n) is 11.5. The molecular weight excluding hydrogens is 335 g/mol. The monoisotopic (exact) mass is 350 g/mol. The number of halogens is 2. The van der Waals surface area contributed by atoms with Crippen molar-refractivity contribution in [1.82, 2.24) is 4.90 Å². The molecule has 0 radical (unpaired) electrons. The molecule has 0 aromatic heterocycles. The molecule has 1 aliphatic rings. The molecule has 0 bridgehead atoms. The van der Waals surface area contributed by atoms with E-state index < -0.39 is 10.0 Å². The fourth-order valence-corrected chi connectivity index (χ4v) is 3.51. The molecule has 5 nitrogen and oxygen atoms in total. The summed E-state index contributed by atoms with van der Waals surface area (Å²) >= 11 is 11.9. The van der Waals surface area contributed by atoms with Crippen LogP contribution in [-0.4, -0.2) is 32.3 Å². The Morgan fingerprint density at radius 3 is 2.48 bits per heavy atom. The Hall–Kier alpha value is -0.820. The largest absolute Gasteiger partial charge is 0.339 e. The molecule has 116 valence electrons. The number of sulfonamides is 1. The van der Waals surface area contributed by atoms with E-state index in [0.29, 0.717) is 19.0 Å². The summed E-state index contributed by atoms with van der Waals surface area (Å²) in [5.41, 5.74) is 0.0655. The van der Waals surface area contributed by atoms with E-state index >= 15 is 0 Å². The molecule has 21 heavy (non-hydrogen) atoms. The van der Waals surface area contributed by atoms with Crippen LogP contribution < -0.4 is 5.14 Å². The predicted octanol–water partition coefficient (Wildman–Crippen LogP) is 2.51. The third-order valence-electron chi connectivity index (χ3n) is 3.39. The van der Waals surface area contributed by atoms with Gasteiger partial charge in [0.1, 0.15) is 4.90 Å². The first-order valence-corrected chi connectivity index (χ1v) is 8.85. The second-order valence-electron chi connectivity index (χ2n) is 5.10. The third-order valence-corrected chi connectivity index (χ3v) is 5.06. The lowest BCUT2D eigenvalue weighted by atomic mass is 10.2. The van der Waals surface area contributed by atoms with Gasteiger partial charge in [0, 0.05) is 18.1 Å². The molecule has 1 fully saturated rings. The minimum atomic E-state index is -4.04. The quantitative estimate of drug-likeness (QED) is 0.885. The van der Waals surface area contributed by atoms with Crippen molar-refractivity contribution in [2.24, 2.45) is 11.1 Å². The molecule has 1 aromatic carbocycles. The second-order valence-corrected chi connectivity index (χ2v) is 7.44. The molecule has 1 amide bonds. The number of nitrogens with zero attached hydrogens (tertiary/aromatic N) is 1. The van der Waals surface area contributed by atoms with Crippen LogP contribution in [0.1, 0.15) is 30.1 Å². The van der Waals surface area contributed by atoms with E-state index in [2.05, 4.69) is 0 Å². The summed E-state index contributed by atoms with van der Waals surface area (Å²) in [7, 11) is -4.04. The molecule has 1 saturated carbocycles. The van der Waals surface area contributed by atoms with E-state index in [1.54, 1.807) is 4.90 Å². The van der Waals surface area contributed by atoms with E-state index in [0.717, 1.165) is 18.9 Å². The van der Waals surface area contributed by atoms with Gasteiger partial charge < -0.3 is 4.90 Å². The number of amides is 1. The van der Waals surface area contributed by atoms with Crippen molar-refractivity contribution in [2.75, 3.05) is 13.1 Å². The van der Waals surface area contributed by atoms with E-state index in [4.69, 9.17) is 28.3 Å². The summed E-state index contributed by atoms with van der Waals surface area (Å²) in [6.45, 7) is 3.02. The zero-order chi connectivity index (χ0) is 15.8. The van der Waals surface area contributed by atoms with Crippen LogP contribution >= 0.6 is 23.2 Å². The minimum Gasteiger partial charge on any atom is -0.339 e. The van der Waals surface area contributed by atoms with Gasteiger partial charge in [0.2, 0.25) is 10.0 Å². The number of nitrogens with two attached hydrogens (primary N) is 1. The molecule has 1 aliphatic carbocycles. The van der Waals surface area contributed by atoms with Gasteiger partial charge in [-0.05, 0) is 37.8 Å². The van der Waals surface area contributed by atoms with Gasteiger partial charge in [-0.25, -0.2) is 13.6 Å². The van der Waals surface area contributed by atoms with Crippen molar-refractivity contribution in [3.05, 3.63) is 27.7 Å². The normalized spacial score (nSPS) is 15.0. The predicted molar refractivity (Wildman–Crippen MR) is 82.1 cm³/mol. The van der Waals surface area contributed by atoms with E-state index in [-0.39, 0.29) is 26.4 Å². The molecular formula is C13H16Cl2N2O3S. The Labute approximate surface area is 134 Å². The summed E-state index contributed by atoms with van der Waals surface area (Å²) in [5, 5.41) is 5.03. The van der Waals surface area contributed by atoms with Crippen molar-refractivity contribution in [1.29, 1.82) is 0 Å². The number of carbonyl (C=O) groups is 1. The molecule has 0 unspecified atom stereocenters. The van der Waals surface area contributed by atoms with E-state index in [9.17, 15) is 13.2 Å². The highest BCUT2D eigenvalue weighted by atomic mass is 35.5. The average Bonchev–Trinajstić information content (AvgIpc) is 3.20. The molecule has 2 rings (SSSR count). The number of primary sulfonamides is 1. The van der Waals surface area contributed by atoms with Crippen LogP contribution in [0, 0.1) is 5.92 Å². The van der Waals surface area contributed by atoms with Crippen LogP contribution in [0.4, 0.5) is 0 Å². The third kappa shape index (κ3) is 3.88. The van der Waals surface area contributed by atoms with Gasteiger partial charge in [0.25, 0.3) is 5.91 Å². The fourth-order valence-electron chi connectivity index (χ4n) is 2.06. The molecule has 0 aliphatic heterocycles. The Morgan fingerprint density at radius 2 is 2.00 bits per heavy atom. The maximum absolute atomic E-state index is 12.5. The van der Waals surface area contributed by atoms with Crippen LogP contribution in [0.3, 0.4) is 0 Å². The first kappa shape index (κ1) is 16.5. The van der Waals surface area contributed by atoms with Crippen molar-refractivity contribution in [3.8, 4) is 0 Å². The van der Waals surface area contributed by atoms with Gasteiger partial charge >= 0.3 is 0 Å². The number of benzene rings is 1. The molecule has 1 aromatic rings. The lowest BCUT2D eigenvalue weighted by Crippen LogP contribution is -2.33. The molecule has 0 saturated heterocycles. The zero-order valence-corrected chi connectivity index (χ0v) is 13.8. The summed E-state index contributed by atoms with van der Waals surface area (Å²) in [5.74, 6) is 0.186. The molecule has 0 atom stereocenters. The SMILES string of the molecule is CCN(CC1CC1)C(=O)c1cc(Cl)cc(S(N)(=O)=O)c1Cl. The summed E-state index contributed by atoms with van der Waals surface area (Å²) in [4.78, 5) is 13.8. The Balaban J connectivity index is 2.42. The Bertz CT molecular complexity index is 672. The summed E-state index contributed by atoms with van der Waals surface area (Å²) in [6.07, 6.45) is 2.21. The van der Waals surface area contributed by atoms with Crippen LogP contribution in [-0.2, 0) is 10.0 Å². The Morgan fingerprint density at radius 1 is 1.38 bits per heavy atom. The number of hydrogen-bond acceptors (Lipinski definition) is 3. The van der Waals surface area contributed by atoms with Crippen LogP contribution in [0.15, 0.2) is 17.0 Å². The lowest BCUT2D eigenvalue weighted by molar-refractivity contribution is 0.0757. The highest BCUT2D eigenvalue weighted by Gasteiger charge is 2.29. The van der Waals surface area contributed by atoms with E-state index in [1.165, 1.54) is 6.07 Å². The summed E-state index contributed by atoms with van der Waals surface area (Å²) < 4.78 is 23.0. The van der Waals surface area contributed by atoms with Crippen LogP contribution in [0.25, 0.3) is 0 Å². The first-order chi connectivity index (χ1) is 9.74. The Kier molecular flexibility index (Phi) is 4.82. The molecule has 8 heteroatoms. The average molecular weight is 351 g/mol. The first-order valence-electron chi connectivity index (χ1n) is 6.55. The summed E-state index contributed by atoms with van der Waals surface area (Å²) in [6, 6.07) is 2.52. The lowest BCUT2D eigenvalue weighted by Gasteiger charge is -2.22. The molecule has 0 heterocycles. The van der Waals surface area contributed by atoms with Gasteiger partial charge in [0.15, 0.2) is 0 Å². The van der Waals surface area contributed by atoms with E-state index in [1.807, 2.05) is 6.92 Å².